The Hall–Kier alpha value is -2.40. The SMILES string of the molecule is O=C(Nc1ncc[nH]1)c1sccc1-c1ccccc1. The van der Waals surface area contributed by atoms with Gasteiger partial charge in [-0.05, 0) is 17.0 Å². The lowest BCUT2D eigenvalue weighted by Gasteiger charge is -2.04. The highest BCUT2D eigenvalue weighted by molar-refractivity contribution is 7.12. The van der Waals surface area contributed by atoms with Crippen LogP contribution in [0.25, 0.3) is 11.1 Å². The van der Waals surface area contributed by atoms with Crippen molar-refractivity contribution in [2.75, 3.05) is 5.32 Å². The predicted molar refractivity (Wildman–Crippen MR) is 76.3 cm³/mol. The van der Waals surface area contributed by atoms with Gasteiger partial charge in [0.2, 0.25) is 5.95 Å². The van der Waals surface area contributed by atoms with Crippen LogP contribution in [0.2, 0.25) is 0 Å². The molecule has 2 aromatic heterocycles. The number of amides is 1. The summed E-state index contributed by atoms with van der Waals surface area (Å²) in [7, 11) is 0. The lowest BCUT2D eigenvalue weighted by atomic mass is 10.1. The summed E-state index contributed by atoms with van der Waals surface area (Å²) >= 11 is 1.42. The van der Waals surface area contributed by atoms with Gasteiger partial charge >= 0.3 is 0 Å². The summed E-state index contributed by atoms with van der Waals surface area (Å²) in [5.41, 5.74) is 1.98. The summed E-state index contributed by atoms with van der Waals surface area (Å²) in [5.74, 6) is 0.307. The van der Waals surface area contributed by atoms with Crippen LogP contribution in [-0.2, 0) is 0 Å². The number of aromatic amines is 1. The minimum Gasteiger partial charge on any atom is -0.331 e. The first-order valence-corrected chi connectivity index (χ1v) is 6.66. The van der Waals surface area contributed by atoms with E-state index in [1.165, 1.54) is 11.3 Å². The van der Waals surface area contributed by atoms with Crippen LogP contribution in [0, 0.1) is 0 Å². The van der Waals surface area contributed by atoms with E-state index in [0.29, 0.717) is 10.8 Å². The van der Waals surface area contributed by atoms with Crippen LogP contribution in [0.3, 0.4) is 0 Å². The summed E-state index contributed by atoms with van der Waals surface area (Å²) in [4.78, 5) is 19.7. The fraction of sp³-hybridized carbons (Fsp3) is 0. The molecule has 0 unspecified atom stereocenters. The van der Waals surface area contributed by atoms with Gasteiger partial charge in [-0.15, -0.1) is 11.3 Å². The van der Waals surface area contributed by atoms with Crippen LogP contribution in [0.15, 0.2) is 54.2 Å². The number of imidazole rings is 1. The van der Waals surface area contributed by atoms with E-state index in [1.807, 2.05) is 41.8 Å². The van der Waals surface area contributed by atoms with Crippen molar-refractivity contribution < 1.29 is 4.79 Å². The number of benzene rings is 1. The summed E-state index contributed by atoms with van der Waals surface area (Å²) in [6.45, 7) is 0. The van der Waals surface area contributed by atoms with E-state index >= 15 is 0 Å². The third-order valence-corrected chi connectivity index (χ3v) is 3.60. The van der Waals surface area contributed by atoms with Crippen molar-refractivity contribution in [2.24, 2.45) is 0 Å². The Morgan fingerprint density at radius 2 is 2.05 bits per heavy atom. The van der Waals surface area contributed by atoms with Crippen LogP contribution < -0.4 is 5.32 Å². The van der Waals surface area contributed by atoms with Crippen LogP contribution in [0.1, 0.15) is 9.67 Å². The molecule has 1 aromatic carbocycles. The first kappa shape index (κ1) is 11.7. The fourth-order valence-electron chi connectivity index (χ4n) is 1.83. The fourth-order valence-corrected chi connectivity index (χ4v) is 2.64. The average molecular weight is 269 g/mol. The minimum absolute atomic E-state index is 0.149. The zero-order valence-corrected chi connectivity index (χ0v) is 10.8. The van der Waals surface area contributed by atoms with Gasteiger partial charge in [0.15, 0.2) is 0 Å². The van der Waals surface area contributed by atoms with E-state index in [2.05, 4.69) is 15.3 Å². The van der Waals surface area contributed by atoms with Gasteiger partial charge in [0.05, 0.1) is 0 Å². The maximum Gasteiger partial charge on any atom is 0.268 e. The van der Waals surface area contributed by atoms with E-state index in [0.717, 1.165) is 11.1 Å². The number of nitrogens with zero attached hydrogens (tertiary/aromatic N) is 1. The number of thiophene rings is 1. The van der Waals surface area contributed by atoms with Crippen LogP contribution in [0.5, 0.6) is 0 Å². The second-order valence-corrected chi connectivity index (χ2v) is 4.84. The maximum absolute atomic E-state index is 12.2. The highest BCUT2D eigenvalue weighted by atomic mass is 32.1. The smallest absolute Gasteiger partial charge is 0.268 e. The Bertz CT molecular complexity index is 674. The number of carbonyl (C=O) groups excluding carboxylic acids is 1. The molecule has 0 bridgehead atoms. The van der Waals surface area contributed by atoms with Gasteiger partial charge in [-0.3, -0.25) is 10.1 Å². The highest BCUT2D eigenvalue weighted by Gasteiger charge is 2.15. The Balaban J connectivity index is 1.90. The molecule has 0 fully saturated rings. The molecule has 3 aromatic rings. The summed E-state index contributed by atoms with van der Waals surface area (Å²) in [6.07, 6.45) is 3.27. The molecule has 94 valence electrons. The summed E-state index contributed by atoms with van der Waals surface area (Å²) in [5, 5.41) is 4.66. The number of nitrogens with one attached hydrogen (secondary N) is 2. The molecule has 0 atom stereocenters. The van der Waals surface area contributed by atoms with Crippen LogP contribution >= 0.6 is 11.3 Å². The zero-order chi connectivity index (χ0) is 13.1. The maximum atomic E-state index is 12.2. The molecule has 3 rings (SSSR count). The molecule has 0 aliphatic rings. The van der Waals surface area contributed by atoms with Crippen LogP contribution in [0.4, 0.5) is 5.95 Å². The summed E-state index contributed by atoms with van der Waals surface area (Å²) in [6, 6.07) is 11.8. The van der Waals surface area contributed by atoms with Gasteiger partial charge in [0.25, 0.3) is 5.91 Å². The van der Waals surface area contributed by atoms with Gasteiger partial charge in [0, 0.05) is 18.0 Å². The van der Waals surface area contributed by atoms with Gasteiger partial charge < -0.3 is 4.98 Å². The molecule has 0 aliphatic carbocycles. The molecule has 2 heterocycles. The topological polar surface area (TPSA) is 57.8 Å². The number of carbonyl (C=O) groups is 1. The van der Waals surface area contributed by atoms with Crippen molar-refractivity contribution in [1.29, 1.82) is 0 Å². The highest BCUT2D eigenvalue weighted by Crippen LogP contribution is 2.28. The van der Waals surface area contributed by atoms with Gasteiger partial charge in [-0.1, -0.05) is 30.3 Å². The van der Waals surface area contributed by atoms with Crippen molar-refractivity contribution in [3.05, 3.63) is 59.0 Å². The first-order chi connectivity index (χ1) is 9.34. The lowest BCUT2D eigenvalue weighted by molar-refractivity contribution is 0.103. The molecule has 4 nitrogen and oxygen atoms in total. The quantitative estimate of drug-likeness (QED) is 0.765. The predicted octanol–water partition coefficient (Wildman–Crippen LogP) is 3.39. The Morgan fingerprint density at radius 1 is 1.21 bits per heavy atom. The van der Waals surface area contributed by atoms with Gasteiger partial charge in [-0.2, -0.15) is 0 Å². The van der Waals surface area contributed by atoms with Gasteiger partial charge in [0.1, 0.15) is 4.88 Å². The second kappa shape index (κ2) is 5.07. The molecular weight excluding hydrogens is 258 g/mol. The van der Waals surface area contributed by atoms with E-state index in [4.69, 9.17) is 0 Å². The number of rotatable bonds is 3. The molecule has 5 heteroatoms. The summed E-state index contributed by atoms with van der Waals surface area (Å²) < 4.78 is 0. The molecule has 0 aliphatic heterocycles. The van der Waals surface area contributed by atoms with Crippen molar-refractivity contribution in [3.8, 4) is 11.1 Å². The van der Waals surface area contributed by atoms with Crippen molar-refractivity contribution >= 4 is 23.2 Å². The van der Waals surface area contributed by atoms with Crippen molar-refractivity contribution in [2.45, 2.75) is 0 Å². The lowest BCUT2D eigenvalue weighted by Crippen LogP contribution is -2.12. The minimum atomic E-state index is -0.149. The van der Waals surface area contributed by atoms with Crippen molar-refractivity contribution in [1.82, 2.24) is 9.97 Å². The standard InChI is InChI=1S/C14H11N3OS/c18-13(17-14-15-7-8-16-14)12-11(6-9-19-12)10-4-2-1-3-5-10/h1-9H,(H2,15,16,17,18). The number of anilines is 1. The third kappa shape index (κ3) is 2.41. The Morgan fingerprint density at radius 3 is 2.79 bits per heavy atom. The molecule has 0 spiro atoms. The second-order valence-electron chi connectivity index (χ2n) is 3.92. The molecule has 0 radical (unpaired) electrons. The number of hydrogen-bond acceptors (Lipinski definition) is 3. The van der Waals surface area contributed by atoms with Crippen LogP contribution in [-0.4, -0.2) is 15.9 Å². The molecular formula is C14H11N3OS. The van der Waals surface area contributed by atoms with E-state index in [-0.39, 0.29) is 5.91 Å². The monoisotopic (exact) mass is 269 g/mol. The number of aromatic nitrogens is 2. The Labute approximate surface area is 114 Å². The van der Waals surface area contributed by atoms with E-state index in [9.17, 15) is 4.79 Å². The van der Waals surface area contributed by atoms with E-state index < -0.39 is 0 Å². The number of hydrogen-bond donors (Lipinski definition) is 2. The third-order valence-electron chi connectivity index (χ3n) is 2.69. The molecule has 2 N–H and O–H groups in total. The molecule has 19 heavy (non-hydrogen) atoms. The zero-order valence-electron chi connectivity index (χ0n) is 9.96. The Kier molecular flexibility index (Phi) is 3.12. The first-order valence-electron chi connectivity index (χ1n) is 5.78. The number of H-pyrrole nitrogens is 1. The van der Waals surface area contributed by atoms with Gasteiger partial charge in [-0.25, -0.2) is 4.98 Å². The van der Waals surface area contributed by atoms with E-state index in [1.54, 1.807) is 12.4 Å². The largest absolute Gasteiger partial charge is 0.331 e. The molecule has 0 saturated heterocycles. The average Bonchev–Trinajstić information content (AvgIpc) is 3.10. The molecule has 1 amide bonds. The molecule has 0 saturated carbocycles. The van der Waals surface area contributed by atoms with Crippen molar-refractivity contribution in [3.63, 3.8) is 0 Å². The normalized spacial score (nSPS) is 10.3.